The highest BCUT2D eigenvalue weighted by Crippen LogP contribution is 2.18. The summed E-state index contributed by atoms with van der Waals surface area (Å²) in [5.41, 5.74) is 1.03. The highest BCUT2D eigenvalue weighted by molar-refractivity contribution is 6.34. The molecule has 0 atom stereocenters. The van der Waals surface area contributed by atoms with Gasteiger partial charge in [0.2, 0.25) is 0 Å². The number of nitrogens with one attached hydrogen (secondary N) is 1. The number of carbonyl (C=O) groups is 1. The van der Waals surface area contributed by atoms with E-state index < -0.39 is 0 Å². The number of carbonyl (C=O) groups excluding carboxylic acids is 1. The predicted molar refractivity (Wildman–Crippen MR) is 55.5 cm³/mol. The number of aryl methyl sites for hydroxylation is 2. The van der Waals surface area contributed by atoms with E-state index in [9.17, 15) is 4.79 Å². The summed E-state index contributed by atoms with van der Waals surface area (Å²) < 4.78 is 1.47. The van der Waals surface area contributed by atoms with E-state index in [1.165, 1.54) is 4.68 Å². The highest BCUT2D eigenvalue weighted by Gasteiger charge is 2.17. The second-order valence-corrected chi connectivity index (χ2v) is 3.25. The summed E-state index contributed by atoms with van der Waals surface area (Å²) in [6.45, 7) is 5.68. The van der Waals surface area contributed by atoms with Gasteiger partial charge in [0.1, 0.15) is 5.69 Å². The first-order chi connectivity index (χ1) is 6.57. The molecule has 0 fully saturated rings. The molecular weight excluding hydrogens is 202 g/mol. The van der Waals surface area contributed by atoms with Gasteiger partial charge < -0.3 is 5.32 Å². The molecule has 1 heterocycles. The molecular formula is C9H12ClN3O. The largest absolute Gasteiger partial charge is 0.347 e. The molecule has 0 bridgehead atoms. The monoisotopic (exact) mass is 213 g/mol. The SMILES string of the molecule is C=CCNC(=O)c1c(Cl)c(C)nn1C. The van der Waals surface area contributed by atoms with Crippen molar-refractivity contribution in [3.8, 4) is 0 Å². The van der Waals surface area contributed by atoms with Crippen LogP contribution in [0.1, 0.15) is 16.2 Å². The summed E-state index contributed by atoms with van der Waals surface area (Å²) in [6.07, 6.45) is 1.61. The zero-order valence-electron chi connectivity index (χ0n) is 8.17. The molecule has 0 radical (unpaired) electrons. The molecule has 1 rings (SSSR count). The maximum atomic E-state index is 11.6. The highest BCUT2D eigenvalue weighted by atomic mass is 35.5. The van der Waals surface area contributed by atoms with Gasteiger partial charge in [-0.3, -0.25) is 9.48 Å². The summed E-state index contributed by atoms with van der Waals surface area (Å²) in [5.74, 6) is -0.238. The van der Waals surface area contributed by atoms with Gasteiger partial charge in [-0.25, -0.2) is 0 Å². The Morgan fingerprint density at radius 2 is 2.43 bits per heavy atom. The summed E-state index contributed by atoms with van der Waals surface area (Å²) in [6, 6.07) is 0. The van der Waals surface area contributed by atoms with Crippen LogP contribution in [0.25, 0.3) is 0 Å². The number of halogens is 1. The minimum Gasteiger partial charge on any atom is -0.347 e. The van der Waals surface area contributed by atoms with Crippen LogP contribution >= 0.6 is 11.6 Å². The first-order valence-corrected chi connectivity index (χ1v) is 4.54. The molecule has 0 saturated carbocycles. The predicted octanol–water partition coefficient (Wildman–Crippen LogP) is 1.30. The van der Waals surface area contributed by atoms with Crippen molar-refractivity contribution in [1.29, 1.82) is 0 Å². The molecule has 1 N–H and O–H groups in total. The van der Waals surface area contributed by atoms with Gasteiger partial charge in [0.15, 0.2) is 0 Å². The fraction of sp³-hybridized carbons (Fsp3) is 0.333. The molecule has 0 aliphatic carbocycles. The Morgan fingerprint density at radius 1 is 1.79 bits per heavy atom. The lowest BCUT2D eigenvalue weighted by Gasteiger charge is -2.02. The van der Waals surface area contributed by atoms with E-state index in [4.69, 9.17) is 11.6 Å². The molecule has 0 aliphatic rings. The van der Waals surface area contributed by atoms with Crippen molar-refractivity contribution < 1.29 is 4.79 Å². The standard InChI is InChI=1S/C9H12ClN3O/c1-4-5-11-9(14)8-7(10)6(2)12-13(8)3/h4H,1,5H2,2-3H3,(H,11,14). The van der Waals surface area contributed by atoms with Gasteiger partial charge in [0.25, 0.3) is 5.91 Å². The van der Waals surface area contributed by atoms with Gasteiger partial charge in [-0.15, -0.1) is 6.58 Å². The van der Waals surface area contributed by atoms with Gasteiger partial charge in [-0.2, -0.15) is 5.10 Å². The fourth-order valence-corrected chi connectivity index (χ4v) is 1.37. The van der Waals surface area contributed by atoms with E-state index in [0.717, 1.165) is 0 Å². The van der Waals surface area contributed by atoms with Crippen LogP contribution in [-0.4, -0.2) is 22.2 Å². The third-order valence-corrected chi connectivity index (χ3v) is 2.22. The van der Waals surface area contributed by atoms with E-state index in [1.54, 1.807) is 20.0 Å². The van der Waals surface area contributed by atoms with E-state index in [1.807, 2.05) is 0 Å². The molecule has 0 unspecified atom stereocenters. The van der Waals surface area contributed by atoms with Crippen LogP contribution < -0.4 is 5.32 Å². The Bertz CT molecular complexity index is 370. The van der Waals surface area contributed by atoms with Crippen LogP contribution in [0.5, 0.6) is 0 Å². The number of nitrogens with zero attached hydrogens (tertiary/aromatic N) is 2. The molecule has 0 saturated heterocycles. The molecule has 0 spiro atoms. The Morgan fingerprint density at radius 3 is 2.86 bits per heavy atom. The first kappa shape index (κ1) is 10.8. The summed E-state index contributed by atoms with van der Waals surface area (Å²) in [4.78, 5) is 11.6. The van der Waals surface area contributed by atoms with Crippen LogP contribution in [0.4, 0.5) is 0 Å². The van der Waals surface area contributed by atoms with Crippen molar-refractivity contribution in [3.63, 3.8) is 0 Å². The average molecular weight is 214 g/mol. The smallest absolute Gasteiger partial charge is 0.271 e. The first-order valence-electron chi connectivity index (χ1n) is 4.16. The lowest BCUT2D eigenvalue weighted by molar-refractivity contribution is 0.0949. The van der Waals surface area contributed by atoms with Gasteiger partial charge in [0.05, 0.1) is 10.7 Å². The van der Waals surface area contributed by atoms with Crippen LogP contribution in [-0.2, 0) is 7.05 Å². The van der Waals surface area contributed by atoms with Crippen LogP contribution in [0.3, 0.4) is 0 Å². The molecule has 1 aromatic heterocycles. The summed E-state index contributed by atoms with van der Waals surface area (Å²) >= 11 is 5.92. The summed E-state index contributed by atoms with van der Waals surface area (Å²) in [5, 5.41) is 7.08. The van der Waals surface area contributed by atoms with E-state index >= 15 is 0 Å². The lowest BCUT2D eigenvalue weighted by Crippen LogP contribution is -2.25. The second-order valence-electron chi connectivity index (χ2n) is 2.87. The molecule has 76 valence electrons. The van der Waals surface area contributed by atoms with Gasteiger partial charge in [0, 0.05) is 13.6 Å². The summed E-state index contributed by atoms with van der Waals surface area (Å²) in [7, 11) is 1.68. The zero-order valence-corrected chi connectivity index (χ0v) is 8.93. The minimum absolute atomic E-state index is 0.238. The Balaban J connectivity index is 2.94. The Hall–Kier alpha value is -1.29. The Kier molecular flexibility index (Phi) is 3.30. The fourth-order valence-electron chi connectivity index (χ4n) is 1.13. The van der Waals surface area contributed by atoms with Crippen molar-refractivity contribution in [2.24, 2.45) is 7.05 Å². The molecule has 5 heteroatoms. The molecule has 1 aromatic rings. The number of rotatable bonds is 3. The van der Waals surface area contributed by atoms with Gasteiger partial charge in [-0.1, -0.05) is 17.7 Å². The number of hydrogen-bond acceptors (Lipinski definition) is 2. The quantitative estimate of drug-likeness (QED) is 0.770. The second kappa shape index (κ2) is 4.28. The topological polar surface area (TPSA) is 46.9 Å². The van der Waals surface area contributed by atoms with E-state index in [0.29, 0.717) is 23.0 Å². The number of aromatic nitrogens is 2. The normalized spacial score (nSPS) is 9.93. The average Bonchev–Trinajstić information content (AvgIpc) is 2.38. The maximum absolute atomic E-state index is 11.6. The molecule has 4 nitrogen and oxygen atoms in total. The van der Waals surface area contributed by atoms with Crippen molar-refractivity contribution >= 4 is 17.5 Å². The van der Waals surface area contributed by atoms with Crippen molar-refractivity contribution in [2.75, 3.05) is 6.54 Å². The number of amides is 1. The van der Waals surface area contributed by atoms with Crippen molar-refractivity contribution in [1.82, 2.24) is 15.1 Å². The van der Waals surface area contributed by atoms with Crippen LogP contribution in [0, 0.1) is 6.92 Å². The number of hydrogen-bond donors (Lipinski definition) is 1. The van der Waals surface area contributed by atoms with E-state index in [-0.39, 0.29) is 5.91 Å². The van der Waals surface area contributed by atoms with Crippen LogP contribution in [0.2, 0.25) is 5.02 Å². The maximum Gasteiger partial charge on any atom is 0.271 e. The zero-order chi connectivity index (χ0) is 10.7. The molecule has 14 heavy (non-hydrogen) atoms. The van der Waals surface area contributed by atoms with Crippen molar-refractivity contribution in [2.45, 2.75) is 6.92 Å². The lowest BCUT2D eigenvalue weighted by atomic mass is 10.3. The van der Waals surface area contributed by atoms with Gasteiger partial charge >= 0.3 is 0 Å². The molecule has 0 aliphatic heterocycles. The third kappa shape index (κ3) is 1.96. The minimum atomic E-state index is -0.238. The molecule has 1 amide bonds. The molecule has 0 aromatic carbocycles. The van der Waals surface area contributed by atoms with Crippen LogP contribution in [0.15, 0.2) is 12.7 Å². The Labute approximate surface area is 87.6 Å². The van der Waals surface area contributed by atoms with E-state index in [2.05, 4.69) is 17.0 Å². The van der Waals surface area contributed by atoms with Gasteiger partial charge in [-0.05, 0) is 6.92 Å². The van der Waals surface area contributed by atoms with Crippen molar-refractivity contribution in [3.05, 3.63) is 29.1 Å². The third-order valence-electron chi connectivity index (χ3n) is 1.77.